The van der Waals surface area contributed by atoms with Gasteiger partial charge in [-0.1, -0.05) is 46.8 Å². The van der Waals surface area contributed by atoms with Gasteiger partial charge in [0.1, 0.15) is 5.75 Å². The monoisotopic (exact) mass is 500 g/mol. The van der Waals surface area contributed by atoms with E-state index in [1.807, 2.05) is 6.07 Å². The summed E-state index contributed by atoms with van der Waals surface area (Å²) >= 11 is 0.749. The maximum absolute atomic E-state index is 12.9. The molecule has 2 aromatic carbocycles. The van der Waals surface area contributed by atoms with Gasteiger partial charge in [-0.25, -0.2) is 8.42 Å². The molecular weight excluding hydrogens is 480 g/mol. The minimum Gasteiger partial charge on any atom is -0.497 e. The fourth-order valence-electron chi connectivity index (χ4n) is 2.96. The number of benzene rings is 2. The normalized spacial score (nSPS) is 11.5. The highest BCUT2D eigenvalue weighted by Crippen LogP contribution is 2.25. The van der Waals surface area contributed by atoms with Crippen molar-refractivity contribution in [3.05, 3.63) is 65.5 Å². The number of carbonyl (C=O) groups is 1. The molecule has 0 aliphatic carbocycles. The molecule has 0 radical (unpaired) electrons. The molecule has 13 heteroatoms. The first-order valence-electron chi connectivity index (χ1n) is 9.92. The van der Waals surface area contributed by atoms with Crippen LogP contribution in [0.1, 0.15) is 21.8 Å². The van der Waals surface area contributed by atoms with Gasteiger partial charge in [0.05, 0.1) is 13.7 Å². The van der Waals surface area contributed by atoms with Crippen molar-refractivity contribution in [1.82, 2.24) is 24.6 Å². The molecule has 0 fully saturated rings. The molecular formula is C21H20N6O5S2. The maximum atomic E-state index is 12.9. The first-order chi connectivity index (χ1) is 16.3. The number of nitrogens with one attached hydrogen (secondary N) is 1. The van der Waals surface area contributed by atoms with E-state index < -0.39 is 15.9 Å². The Bertz CT molecular complexity index is 1430. The van der Waals surface area contributed by atoms with Gasteiger partial charge >= 0.3 is 0 Å². The number of aromatic nitrogens is 4. The highest BCUT2D eigenvalue weighted by atomic mass is 32.2. The zero-order valence-corrected chi connectivity index (χ0v) is 20.1. The molecule has 1 N–H and O–H groups in total. The Balaban J connectivity index is 1.45. The first-order valence-corrected chi connectivity index (χ1v) is 12.2. The summed E-state index contributed by atoms with van der Waals surface area (Å²) in [6.45, 7) is 1.63. The molecule has 4 rings (SSSR count). The molecule has 0 spiro atoms. The van der Waals surface area contributed by atoms with Crippen LogP contribution in [0, 0.1) is 6.92 Å². The van der Waals surface area contributed by atoms with Gasteiger partial charge < -0.3 is 9.26 Å². The average molecular weight is 501 g/mol. The number of methoxy groups -OCH3 is 1. The Morgan fingerprint density at radius 2 is 1.97 bits per heavy atom. The van der Waals surface area contributed by atoms with Crippen molar-refractivity contribution in [1.29, 1.82) is 0 Å². The Morgan fingerprint density at radius 3 is 2.74 bits per heavy atom. The number of ether oxygens (including phenoxy) is 1. The highest BCUT2D eigenvalue weighted by Gasteiger charge is 2.28. The molecule has 0 bridgehead atoms. The summed E-state index contributed by atoms with van der Waals surface area (Å²) < 4.78 is 37.0. The lowest BCUT2D eigenvalue weighted by molar-refractivity contribution is 0.102. The van der Waals surface area contributed by atoms with Crippen molar-refractivity contribution >= 4 is 32.4 Å². The van der Waals surface area contributed by atoms with E-state index in [0.717, 1.165) is 21.2 Å². The van der Waals surface area contributed by atoms with Gasteiger partial charge in [-0.2, -0.15) is 9.29 Å². The Morgan fingerprint density at radius 1 is 1.18 bits per heavy atom. The number of hydrogen-bond donors (Lipinski definition) is 1. The lowest BCUT2D eigenvalue weighted by Gasteiger charge is -2.11. The van der Waals surface area contributed by atoms with Crippen LogP contribution in [-0.2, 0) is 16.6 Å². The van der Waals surface area contributed by atoms with Crippen LogP contribution >= 0.6 is 11.3 Å². The van der Waals surface area contributed by atoms with Crippen molar-refractivity contribution in [2.24, 2.45) is 0 Å². The number of rotatable bonds is 8. The third kappa shape index (κ3) is 4.95. The number of aryl methyl sites for hydroxylation is 1. The summed E-state index contributed by atoms with van der Waals surface area (Å²) in [6, 6.07) is 14.1. The standard InChI is InChI=1S/C21H20N6O5S2/c1-13-7-4-5-10-16(13)19(28)23-20-24-25-21(33-20)34(29,30)27(2)12-17-22-18(26-32-17)14-8-6-9-15(11-14)31-3/h4-11H,12H2,1-3H3,(H,23,24,28). The zero-order chi connectivity index (χ0) is 24.3. The molecule has 2 aromatic heterocycles. The minimum atomic E-state index is -4.01. The van der Waals surface area contributed by atoms with Crippen LogP contribution in [0.15, 0.2) is 57.4 Å². The van der Waals surface area contributed by atoms with Gasteiger partial charge in [0.25, 0.3) is 15.9 Å². The molecule has 0 aliphatic heterocycles. The molecule has 2 heterocycles. The molecule has 0 saturated carbocycles. The summed E-state index contributed by atoms with van der Waals surface area (Å²) in [6.07, 6.45) is 0. The second-order valence-electron chi connectivity index (χ2n) is 7.15. The van der Waals surface area contributed by atoms with Gasteiger partial charge in [-0.3, -0.25) is 10.1 Å². The van der Waals surface area contributed by atoms with Crippen LogP contribution in [0.2, 0.25) is 0 Å². The van der Waals surface area contributed by atoms with Crippen molar-refractivity contribution in [3.63, 3.8) is 0 Å². The maximum Gasteiger partial charge on any atom is 0.272 e. The molecule has 0 saturated heterocycles. The number of amides is 1. The lowest BCUT2D eigenvalue weighted by atomic mass is 10.1. The predicted octanol–water partition coefficient (Wildman–Crippen LogP) is 2.98. The SMILES string of the molecule is COc1cccc(-c2noc(CN(C)S(=O)(=O)c3nnc(NC(=O)c4ccccc4C)s3)n2)c1. The van der Waals surface area contributed by atoms with E-state index in [2.05, 4.69) is 25.7 Å². The van der Waals surface area contributed by atoms with E-state index >= 15 is 0 Å². The fourth-order valence-corrected chi connectivity index (χ4v) is 5.17. The van der Waals surface area contributed by atoms with E-state index in [-0.39, 0.29) is 21.9 Å². The van der Waals surface area contributed by atoms with E-state index in [4.69, 9.17) is 9.26 Å². The van der Waals surface area contributed by atoms with Crippen LogP contribution in [0.5, 0.6) is 5.75 Å². The summed E-state index contributed by atoms with van der Waals surface area (Å²) in [4.78, 5) is 16.7. The van der Waals surface area contributed by atoms with Crippen molar-refractivity contribution in [3.8, 4) is 17.1 Å². The number of sulfonamides is 1. The smallest absolute Gasteiger partial charge is 0.272 e. The zero-order valence-electron chi connectivity index (χ0n) is 18.4. The molecule has 176 valence electrons. The Hall–Kier alpha value is -3.68. The third-order valence-electron chi connectivity index (χ3n) is 4.80. The molecule has 4 aromatic rings. The van der Waals surface area contributed by atoms with Crippen molar-refractivity contribution < 1.29 is 22.5 Å². The van der Waals surface area contributed by atoms with Crippen LogP contribution in [0.4, 0.5) is 5.13 Å². The lowest BCUT2D eigenvalue weighted by Crippen LogP contribution is -2.26. The minimum absolute atomic E-state index is 0.0679. The predicted molar refractivity (Wildman–Crippen MR) is 124 cm³/mol. The summed E-state index contributed by atoms with van der Waals surface area (Å²) in [5.74, 6) is 0.630. The van der Waals surface area contributed by atoms with Gasteiger partial charge in [0, 0.05) is 18.2 Å². The van der Waals surface area contributed by atoms with Crippen molar-refractivity contribution in [2.45, 2.75) is 17.8 Å². The second-order valence-corrected chi connectivity index (χ2v) is 10.3. The second kappa shape index (κ2) is 9.67. The molecule has 11 nitrogen and oxygen atoms in total. The molecule has 34 heavy (non-hydrogen) atoms. The number of hydrogen-bond acceptors (Lipinski definition) is 10. The van der Waals surface area contributed by atoms with Gasteiger partial charge in [0.15, 0.2) is 0 Å². The number of carbonyl (C=O) groups excluding carboxylic acids is 1. The molecule has 1 amide bonds. The molecule has 0 unspecified atom stereocenters. The van der Waals surface area contributed by atoms with E-state index in [1.54, 1.807) is 56.5 Å². The Labute approximate surface area is 199 Å². The van der Waals surface area contributed by atoms with Crippen molar-refractivity contribution in [2.75, 3.05) is 19.5 Å². The average Bonchev–Trinajstić information content (AvgIpc) is 3.49. The summed E-state index contributed by atoms with van der Waals surface area (Å²) in [7, 11) is -1.10. The van der Waals surface area contributed by atoms with Crippen LogP contribution in [0.3, 0.4) is 0 Å². The number of nitrogens with zero attached hydrogens (tertiary/aromatic N) is 5. The van der Waals surface area contributed by atoms with Crippen LogP contribution in [0.25, 0.3) is 11.4 Å². The topological polar surface area (TPSA) is 140 Å². The third-order valence-corrected chi connectivity index (χ3v) is 7.79. The van der Waals surface area contributed by atoms with Crippen LogP contribution in [-0.4, -0.2) is 53.1 Å². The number of anilines is 1. The first kappa shape index (κ1) is 23.5. The largest absolute Gasteiger partial charge is 0.497 e. The fraction of sp³-hybridized carbons (Fsp3) is 0.190. The van der Waals surface area contributed by atoms with Gasteiger partial charge in [0.2, 0.25) is 21.2 Å². The van der Waals surface area contributed by atoms with E-state index in [1.165, 1.54) is 7.05 Å². The summed E-state index contributed by atoms with van der Waals surface area (Å²) in [5, 5.41) is 14.1. The quantitative estimate of drug-likeness (QED) is 0.361. The van der Waals surface area contributed by atoms with Gasteiger partial charge in [-0.15, -0.1) is 10.2 Å². The summed E-state index contributed by atoms with van der Waals surface area (Å²) in [5.41, 5.74) is 1.91. The molecule has 0 aliphatic rings. The van der Waals surface area contributed by atoms with Gasteiger partial charge in [-0.05, 0) is 30.7 Å². The highest BCUT2D eigenvalue weighted by molar-refractivity contribution is 7.91. The van der Waals surface area contributed by atoms with Crippen LogP contribution < -0.4 is 10.1 Å². The molecule has 0 atom stereocenters. The van der Waals surface area contributed by atoms with E-state index in [0.29, 0.717) is 22.7 Å². The Kier molecular flexibility index (Phi) is 6.68. The van der Waals surface area contributed by atoms with E-state index in [9.17, 15) is 13.2 Å².